The first-order valence-corrected chi connectivity index (χ1v) is 9.29. The van der Waals surface area contributed by atoms with Gasteiger partial charge in [0.05, 0.1) is 0 Å². The molecule has 122 valence electrons. The van der Waals surface area contributed by atoms with Gasteiger partial charge in [0.25, 0.3) is 0 Å². The van der Waals surface area contributed by atoms with E-state index in [4.69, 9.17) is 5.11 Å². The fourth-order valence-corrected chi connectivity index (χ4v) is 3.24. The minimum Gasteiger partial charge on any atom is -0.480 e. The number of carbonyl (C=O) groups excluding carboxylic acids is 1. The van der Waals surface area contributed by atoms with E-state index in [1.54, 1.807) is 0 Å². The molecule has 2 N–H and O–H groups in total. The number of carbonyl (C=O) groups is 2. The maximum absolute atomic E-state index is 12.1. The Hall–Kier alpha value is -0.910. The molecule has 0 aliphatic heterocycles. The molecule has 1 aliphatic rings. The smallest absolute Gasteiger partial charge is 0.323 e. The van der Waals surface area contributed by atoms with Crippen molar-refractivity contribution in [2.24, 2.45) is 0 Å². The zero-order valence-corrected chi connectivity index (χ0v) is 13.8. The highest BCUT2D eigenvalue weighted by Gasteiger charge is 2.27. The van der Waals surface area contributed by atoms with Crippen LogP contribution in [0.3, 0.4) is 0 Å². The monoisotopic (exact) mass is 316 g/mol. The molecule has 0 aromatic heterocycles. The van der Waals surface area contributed by atoms with Crippen molar-refractivity contribution in [3.05, 3.63) is 0 Å². The molecule has 0 heterocycles. The Labute approximate surface area is 131 Å². The molecule has 0 spiro atoms. The minimum atomic E-state index is -0.936. The molecular formula is C15H28N2O3S. The summed E-state index contributed by atoms with van der Waals surface area (Å²) in [5, 5.41) is 11.8. The van der Waals surface area contributed by atoms with Crippen LogP contribution >= 0.6 is 11.8 Å². The molecule has 1 rings (SSSR count). The molecule has 0 aromatic carbocycles. The number of unbranched alkanes of at least 4 members (excludes halogenated alkanes) is 3. The van der Waals surface area contributed by atoms with E-state index in [9.17, 15) is 9.59 Å². The molecule has 0 bridgehead atoms. The molecule has 0 radical (unpaired) electrons. The van der Waals surface area contributed by atoms with Crippen molar-refractivity contribution in [1.29, 1.82) is 0 Å². The highest BCUT2D eigenvalue weighted by Crippen LogP contribution is 2.23. The topological polar surface area (TPSA) is 69.6 Å². The van der Waals surface area contributed by atoms with E-state index in [-0.39, 0.29) is 18.6 Å². The van der Waals surface area contributed by atoms with E-state index >= 15 is 0 Å². The molecular weight excluding hydrogens is 288 g/mol. The number of thioether (sulfide) groups is 1. The van der Waals surface area contributed by atoms with Crippen LogP contribution in [0.2, 0.25) is 0 Å². The molecule has 5 nitrogen and oxygen atoms in total. The molecule has 1 fully saturated rings. The lowest BCUT2D eigenvalue weighted by molar-refractivity contribution is -0.138. The Balaban J connectivity index is 2.23. The van der Waals surface area contributed by atoms with Gasteiger partial charge in [0.1, 0.15) is 6.54 Å². The highest BCUT2D eigenvalue weighted by atomic mass is 32.2. The molecule has 0 saturated heterocycles. The molecule has 0 unspecified atom stereocenters. The Kier molecular flexibility index (Phi) is 9.30. The number of urea groups is 1. The third-order valence-corrected chi connectivity index (χ3v) is 4.58. The maximum Gasteiger partial charge on any atom is 0.323 e. The van der Waals surface area contributed by atoms with Gasteiger partial charge < -0.3 is 15.3 Å². The molecule has 6 heteroatoms. The van der Waals surface area contributed by atoms with Gasteiger partial charge in [-0.2, -0.15) is 11.8 Å². The van der Waals surface area contributed by atoms with Crippen molar-refractivity contribution < 1.29 is 14.7 Å². The second kappa shape index (κ2) is 10.8. The van der Waals surface area contributed by atoms with Crippen LogP contribution in [0.1, 0.15) is 51.4 Å². The second-order valence-corrected chi connectivity index (χ2v) is 6.58. The van der Waals surface area contributed by atoms with Gasteiger partial charge in [-0.15, -0.1) is 0 Å². The third kappa shape index (κ3) is 7.60. The van der Waals surface area contributed by atoms with Crippen LogP contribution in [0.4, 0.5) is 4.79 Å². The lowest BCUT2D eigenvalue weighted by Gasteiger charge is -2.27. The molecule has 21 heavy (non-hydrogen) atoms. The largest absolute Gasteiger partial charge is 0.480 e. The van der Waals surface area contributed by atoms with Crippen LogP contribution in [0.25, 0.3) is 0 Å². The van der Waals surface area contributed by atoms with Crippen molar-refractivity contribution in [1.82, 2.24) is 10.2 Å². The van der Waals surface area contributed by atoms with Gasteiger partial charge in [-0.3, -0.25) is 4.79 Å². The Bertz CT molecular complexity index is 320. The summed E-state index contributed by atoms with van der Waals surface area (Å²) in [4.78, 5) is 24.6. The summed E-state index contributed by atoms with van der Waals surface area (Å²) in [5.74, 6) is 0.259. The van der Waals surface area contributed by atoms with Gasteiger partial charge >= 0.3 is 12.0 Å². The summed E-state index contributed by atoms with van der Waals surface area (Å²) >= 11 is 1.86. The lowest BCUT2D eigenvalue weighted by Crippen LogP contribution is -2.47. The summed E-state index contributed by atoms with van der Waals surface area (Å²) in [7, 11) is 0. The summed E-state index contributed by atoms with van der Waals surface area (Å²) in [6.45, 7) is 0.450. The molecule has 2 amide bonds. The van der Waals surface area contributed by atoms with E-state index in [2.05, 4.69) is 11.6 Å². The van der Waals surface area contributed by atoms with Gasteiger partial charge in [-0.25, -0.2) is 4.79 Å². The SMILES string of the molecule is CSCCCCCCNC(=O)N(CC(=O)O)C1CCCC1. The Morgan fingerprint density at radius 2 is 1.86 bits per heavy atom. The lowest BCUT2D eigenvalue weighted by atomic mass is 10.2. The van der Waals surface area contributed by atoms with E-state index in [1.165, 1.54) is 23.5 Å². The summed E-state index contributed by atoms with van der Waals surface area (Å²) in [6, 6.07) is -0.115. The fraction of sp³-hybridized carbons (Fsp3) is 0.867. The number of rotatable bonds is 10. The van der Waals surface area contributed by atoms with E-state index in [0.29, 0.717) is 6.54 Å². The number of hydrogen-bond donors (Lipinski definition) is 2. The second-order valence-electron chi connectivity index (χ2n) is 5.60. The predicted octanol–water partition coefficient (Wildman–Crippen LogP) is 2.95. The van der Waals surface area contributed by atoms with E-state index in [1.807, 2.05) is 11.8 Å². The zero-order chi connectivity index (χ0) is 15.5. The highest BCUT2D eigenvalue weighted by molar-refractivity contribution is 7.98. The Morgan fingerprint density at radius 1 is 1.19 bits per heavy atom. The first-order valence-electron chi connectivity index (χ1n) is 7.90. The molecule has 0 aromatic rings. The Morgan fingerprint density at radius 3 is 2.48 bits per heavy atom. The first kappa shape index (κ1) is 18.1. The van der Waals surface area contributed by atoms with Crippen LogP contribution in [-0.4, -0.2) is 53.1 Å². The van der Waals surface area contributed by atoms with Crippen molar-refractivity contribution in [2.45, 2.75) is 57.4 Å². The van der Waals surface area contributed by atoms with Gasteiger partial charge in [-0.1, -0.05) is 25.7 Å². The van der Waals surface area contributed by atoms with Gasteiger partial charge in [0.15, 0.2) is 0 Å². The predicted molar refractivity (Wildman–Crippen MR) is 86.8 cm³/mol. The molecule has 0 atom stereocenters. The minimum absolute atomic E-state index is 0.0997. The van der Waals surface area contributed by atoms with Crippen molar-refractivity contribution in [3.63, 3.8) is 0 Å². The van der Waals surface area contributed by atoms with Crippen LogP contribution in [0.15, 0.2) is 0 Å². The van der Waals surface area contributed by atoms with Gasteiger partial charge in [0.2, 0.25) is 0 Å². The number of carboxylic acid groups (broad SMARTS) is 1. The normalized spacial score (nSPS) is 15.1. The number of hydrogen-bond acceptors (Lipinski definition) is 3. The zero-order valence-electron chi connectivity index (χ0n) is 13.0. The maximum atomic E-state index is 12.1. The standard InChI is InChI=1S/C15H28N2O3S/c1-21-11-7-3-2-6-10-16-15(20)17(12-14(18)19)13-8-4-5-9-13/h13H,2-12H2,1H3,(H,16,20)(H,18,19). The number of carboxylic acids is 1. The van der Waals surface area contributed by atoms with Crippen LogP contribution in [-0.2, 0) is 4.79 Å². The first-order chi connectivity index (χ1) is 10.1. The van der Waals surface area contributed by atoms with Crippen LogP contribution in [0.5, 0.6) is 0 Å². The van der Waals surface area contributed by atoms with E-state index in [0.717, 1.165) is 38.5 Å². The number of nitrogens with zero attached hydrogens (tertiary/aromatic N) is 1. The summed E-state index contributed by atoms with van der Waals surface area (Å²) in [6.07, 6.45) is 10.6. The number of aliphatic carboxylic acids is 1. The van der Waals surface area contributed by atoms with Crippen molar-refractivity contribution in [2.75, 3.05) is 25.1 Å². The number of nitrogens with one attached hydrogen (secondary N) is 1. The van der Waals surface area contributed by atoms with Crippen molar-refractivity contribution >= 4 is 23.8 Å². The molecule has 1 saturated carbocycles. The summed E-state index contributed by atoms with van der Waals surface area (Å²) in [5.41, 5.74) is 0. The molecule has 1 aliphatic carbocycles. The fourth-order valence-electron chi connectivity index (χ4n) is 2.75. The third-order valence-electron chi connectivity index (χ3n) is 3.88. The average molecular weight is 316 g/mol. The van der Waals surface area contributed by atoms with Gasteiger partial charge in [-0.05, 0) is 37.7 Å². The average Bonchev–Trinajstić information content (AvgIpc) is 2.97. The van der Waals surface area contributed by atoms with Gasteiger partial charge in [0, 0.05) is 12.6 Å². The van der Waals surface area contributed by atoms with Crippen molar-refractivity contribution in [3.8, 4) is 0 Å². The quantitative estimate of drug-likeness (QED) is 0.608. The van der Waals surface area contributed by atoms with Crippen LogP contribution in [0, 0.1) is 0 Å². The van der Waals surface area contributed by atoms with E-state index < -0.39 is 5.97 Å². The summed E-state index contributed by atoms with van der Waals surface area (Å²) < 4.78 is 0. The number of amides is 2. The van der Waals surface area contributed by atoms with Crippen LogP contribution < -0.4 is 5.32 Å².